The second-order valence-corrected chi connectivity index (χ2v) is 5.20. The Hall–Kier alpha value is -1.78. The lowest BCUT2D eigenvalue weighted by Gasteiger charge is -2.32. The van der Waals surface area contributed by atoms with Crippen LogP contribution in [0, 0.1) is 0 Å². The maximum atomic E-state index is 12.5. The fourth-order valence-electron chi connectivity index (χ4n) is 2.56. The van der Waals surface area contributed by atoms with Gasteiger partial charge in [-0.15, -0.1) is 12.4 Å². The van der Waals surface area contributed by atoms with Crippen molar-refractivity contribution in [2.45, 2.75) is 13.0 Å². The van der Waals surface area contributed by atoms with Crippen molar-refractivity contribution in [1.29, 1.82) is 0 Å². The Morgan fingerprint density at radius 1 is 1.33 bits per heavy atom. The zero-order valence-corrected chi connectivity index (χ0v) is 12.7. The average molecular weight is 307 g/mol. The highest BCUT2D eigenvalue weighted by Gasteiger charge is 2.21. The highest BCUT2D eigenvalue weighted by molar-refractivity contribution is 5.95. The van der Waals surface area contributed by atoms with Crippen molar-refractivity contribution in [3.05, 3.63) is 48.4 Å². The van der Waals surface area contributed by atoms with Crippen molar-refractivity contribution < 1.29 is 9.21 Å². The summed E-state index contributed by atoms with van der Waals surface area (Å²) in [5, 5.41) is 3.35. The number of hydrogen-bond acceptors (Lipinski definition) is 3. The van der Waals surface area contributed by atoms with E-state index >= 15 is 0 Å². The van der Waals surface area contributed by atoms with Crippen LogP contribution < -0.4 is 5.32 Å². The molecule has 1 aromatic carbocycles. The molecule has 1 fully saturated rings. The van der Waals surface area contributed by atoms with Gasteiger partial charge >= 0.3 is 0 Å². The molecule has 1 amide bonds. The number of amides is 1. The van der Waals surface area contributed by atoms with E-state index in [0.29, 0.717) is 6.04 Å². The molecule has 2 aromatic rings. The van der Waals surface area contributed by atoms with Gasteiger partial charge in [-0.3, -0.25) is 4.79 Å². The van der Waals surface area contributed by atoms with Crippen LogP contribution in [0.1, 0.15) is 17.3 Å². The molecule has 1 saturated heterocycles. The number of piperazine rings is 1. The number of carbonyl (C=O) groups is 1. The number of furan rings is 1. The molecule has 0 aliphatic carbocycles. The van der Waals surface area contributed by atoms with Crippen LogP contribution in [-0.2, 0) is 0 Å². The van der Waals surface area contributed by atoms with Gasteiger partial charge in [-0.1, -0.05) is 12.1 Å². The summed E-state index contributed by atoms with van der Waals surface area (Å²) >= 11 is 0. The number of nitrogens with zero attached hydrogens (tertiary/aromatic N) is 1. The molecular formula is C16H19ClN2O2. The molecule has 0 unspecified atom stereocenters. The van der Waals surface area contributed by atoms with E-state index in [9.17, 15) is 4.79 Å². The topological polar surface area (TPSA) is 45.5 Å². The van der Waals surface area contributed by atoms with Gasteiger partial charge in [0.15, 0.2) is 0 Å². The van der Waals surface area contributed by atoms with E-state index in [4.69, 9.17) is 4.42 Å². The van der Waals surface area contributed by atoms with Gasteiger partial charge in [-0.25, -0.2) is 0 Å². The second-order valence-electron chi connectivity index (χ2n) is 5.20. The first kappa shape index (κ1) is 15.6. The quantitative estimate of drug-likeness (QED) is 0.928. The maximum absolute atomic E-state index is 12.5. The van der Waals surface area contributed by atoms with E-state index in [-0.39, 0.29) is 18.3 Å². The van der Waals surface area contributed by atoms with Gasteiger partial charge in [0.25, 0.3) is 5.91 Å². The zero-order chi connectivity index (χ0) is 13.9. The molecule has 4 nitrogen and oxygen atoms in total. The smallest absolute Gasteiger partial charge is 0.253 e. The maximum Gasteiger partial charge on any atom is 0.253 e. The second kappa shape index (κ2) is 6.78. The van der Waals surface area contributed by atoms with Gasteiger partial charge in [0.05, 0.1) is 12.5 Å². The van der Waals surface area contributed by atoms with Crippen molar-refractivity contribution in [3.8, 4) is 11.1 Å². The lowest BCUT2D eigenvalue weighted by Crippen LogP contribution is -2.51. The minimum absolute atomic E-state index is 0. The molecular weight excluding hydrogens is 288 g/mol. The first-order valence-corrected chi connectivity index (χ1v) is 6.89. The highest BCUT2D eigenvalue weighted by Crippen LogP contribution is 2.21. The standard InChI is InChI=1S/C16H18N2O2.ClH/c1-12-10-18(7-6-17-12)16(19)14-4-2-3-13(9-14)15-5-8-20-11-15;/h2-5,8-9,11-12,17H,6-7,10H2,1H3;1H/t12-;/m1./s1. The number of nitrogens with one attached hydrogen (secondary N) is 1. The molecule has 1 N–H and O–H groups in total. The summed E-state index contributed by atoms with van der Waals surface area (Å²) in [7, 11) is 0. The van der Waals surface area contributed by atoms with E-state index in [1.54, 1.807) is 12.5 Å². The molecule has 1 aromatic heterocycles. The summed E-state index contributed by atoms with van der Waals surface area (Å²) in [4.78, 5) is 14.5. The molecule has 3 rings (SSSR count). The van der Waals surface area contributed by atoms with Gasteiger partial charge in [0.1, 0.15) is 0 Å². The van der Waals surface area contributed by atoms with Crippen LogP contribution in [0.5, 0.6) is 0 Å². The number of benzene rings is 1. The Morgan fingerprint density at radius 3 is 2.90 bits per heavy atom. The first-order chi connectivity index (χ1) is 9.74. The summed E-state index contributed by atoms with van der Waals surface area (Å²) in [6, 6.07) is 9.96. The van der Waals surface area contributed by atoms with Crippen molar-refractivity contribution in [1.82, 2.24) is 10.2 Å². The Balaban J connectivity index is 0.00000161. The van der Waals surface area contributed by atoms with Crippen molar-refractivity contribution in [2.75, 3.05) is 19.6 Å². The van der Waals surface area contributed by atoms with E-state index in [0.717, 1.165) is 36.3 Å². The van der Waals surface area contributed by atoms with Gasteiger partial charge < -0.3 is 14.6 Å². The Kier molecular flexibility index (Phi) is 5.04. The molecule has 1 aliphatic heterocycles. The molecule has 0 radical (unpaired) electrons. The third-order valence-electron chi connectivity index (χ3n) is 3.62. The van der Waals surface area contributed by atoms with Crippen LogP contribution in [-0.4, -0.2) is 36.5 Å². The summed E-state index contributed by atoms with van der Waals surface area (Å²) < 4.78 is 5.10. The summed E-state index contributed by atoms with van der Waals surface area (Å²) in [6.45, 7) is 4.48. The van der Waals surface area contributed by atoms with Crippen molar-refractivity contribution >= 4 is 18.3 Å². The van der Waals surface area contributed by atoms with Crippen LogP contribution in [0.2, 0.25) is 0 Å². The van der Waals surface area contributed by atoms with E-state index in [2.05, 4.69) is 12.2 Å². The van der Waals surface area contributed by atoms with Gasteiger partial charge in [0, 0.05) is 36.8 Å². The molecule has 1 aliphatic rings. The normalized spacial score (nSPS) is 18.1. The van der Waals surface area contributed by atoms with Gasteiger partial charge in [-0.2, -0.15) is 0 Å². The van der Waals surface area contributed by atoms with Crippen molar-refractivity contribution in [2.24, 2.45) is 0 Å². The van der Waals surface area contributed by atoms with E-state index < -0.39 is 0 Å². The highest BCUT2D eigenvalue weighted by atomic mass is 35.5. The number of halogens is 1. The Labute approximate surface area is 130 Å². The summed E-state index contributed by atoms with van der Waals surface area (Å²) in [6.07, 6.45) is 3.33. The lowest BCUT2D eigenvalue weighted by atomic mass is 10.0. The number of carbonyl (C=O) groups excluding carboxylic acids is 1. The number of rotatable bonds is 2. The molecule has 0 saturated carbocycles. The van der Waals surface area contributed by atoms with Crippen molar-refractivity contribution in [3.63, 3.8) is 0 Å². The monoisotopic (exact) mass is 306 g/mol. The SMILES string of the molecule is C[C@@H]1CN(C(=O)c2cccc(-c3ccoc3)c2)CCN1.Cl. The van der Waals surface area contributed by atoms with Crippen LogP contribution in [0.25, 0.3) is 11.1 Å². The largest absolute Gasteiger partial charge is 0.472 e. The molecule has 21 heavy (non-hydrogen) atoms. The molecule has 2 heterocycles. The molecule has 0 spiro atoms. The van der Waals surface area contributed by atoms with Gasteiger partial charge in [0.2, 0.25) is 0 Å². The van der Waals surface area contributed by atoms with E-state index in [1.807, 2.05) is 35.2 Å². The molecule has 112 valence electrons. The predicted molar refractivity (Wildman–Crippen MR) is 84.8 cm³/mol. The van der Waals surface area contributed by atoms with Gasteiger partial charge in [-0.05, 0) is 30.7 Å². The lowest BCUT2D eigenvalue weighted by molar-refractivity contribution is 0.0709. The fraction of sp³-hybridized carbons (Fsp3) is 0.312. The zero-order valence-electron chi connectivity index (χ0n) is 11.9. The van der Waals surface area contributed by atoms with Crippen LogP contribution in [0.15, 0.2) is 47.3 Å². The predicted octanol–water partition coefficient (Wildman–Crippen LogP) is 2.80. The van der Waals surface area contributed by atoms with E-state index in [1.165, 1.54) is 0 Å². The van der Waals surface area contributed by atoms with Crippen LogP contribution in [0.3, 0.4) is 0 Å². The van der Waals surface area contributed by atoms with Crippen LogP contribution >= 0.6 is 12.4 Å². The molecule has 0 bridgehead atoms. The number of hydrogen-bond donors (Lipinski definition) is 1. The third-order valence-corrected chi connectivity index (χ3v) is 3.62. The minimum Gasteiger partial charge on any atom is -0.472 e. The Bertz CT molecular complexity index is 598. The molecule has 1 atom stereocenters. The third kappa shape index (κ3) is 3.46. The average Bonchev–Trinajstić information content (AvgIpc) is 3.01. The Morgan fingerprint density at radius 2 is 2.19 bits per heavy atom. The molecule has 5 heteroatoms. The summed E-state index contributed by atoms with van der Waals surface area (Å²) in [5.41, 5.74) is 2.74. The minimum atomic E-state index is 0. The summed E-state index contributed by atoms with van der Waals surface area (Å²) in [5.74, 6) is 0.101. The first-order valence-electron chi connectivity index (χ1n) is 6.89. The fourth-order valence-corrected chi connectivity index (χ4v) is 2.56. The van der Waals surface area contributed by atoms with Crippen LogP contribution in [0.4, 0.5) is 0 Å².